The first kappa shape index (κ1) is 48.1. The molecule has 49 heavy (non-hydrogen) atoms. The highest BCUT2D eigenvalue weighted by molar-refractivity contribution is 7.85. The van der Waals surface area contributed by atoms with Crippen molar-refractivity contribution in [2.75, 3.05) is 20.1 Å². The van der Waals surface area contributed by atoms with Crippen LogP contribution in [0.5, 0.6) is 0 Å². The van der Waals surface area contributed by atoms with E-state index in [-0.39, 0.29) is 4.90 Å². The molecule has 4 nitrogen and oxygen atoms in total. The summed E-state index contributed by atoms with van der Waals surface area (Å²) in [5.74, 6) is 0. The number of hydrogen-bond donors (Lipinski definition) is 0. The third kappa shape index (κ3) is 36.7. The van der Waals surface area contributed by atoms with Crippen LogP contribution in [0.25, 0.3) is 0 Å². The quantitative estimate of drug-likeness (QED) is 0.0521. The van der Waals surface area contributed by atoms with Crippen LogP contribution in [-0.2, 0) is 10.1 Å². The van der Waals surface area contributed by atoms with Crippen molar-refractivity contribution in [1.82, 2.24) is 4.90 Å². The zero-order valence-electron chi connectivity index (χ0n) is 33.4. The number of unbranched alkanes of at least 4 members (excludes halogenated alkanes) is 30. The molecule has 0 N–H and O–H groups in total. The van der Waals surface area contributed by atoms with Crippen molar-refractivity contribution in [2.45, 2.75) is 231 Å². The Morgan fingerprint density at radius 2 is 0.653 bits per heavy atom. The lowest BCUT2D eigenvalue weighted by Gasteiger charge is -2.16. The lowest BCUT2D eigenvalue weighted by molar-refractivity contribution is 0.314. The highest BCUT2D eigenvalue weighted by Gasteiger charge is 2.01. The molecule has 1 rings (SSSR count). The van der Waals surface area contributed by atoms with E-state index >= 15 is 0 Å². The molecule has 0 aliphatic rings. The van der Waals surface area contributed by atoms with E-state index in [4.69, 9.17) is 0 Å². The van der Waals surface area contributed by atoms with E-state index < -0.39 is 10.1 Å². The van der Waals surface area contributed by atoms with Gasteiger partial charge in [-0.05, 0) is 52.0 Å². The maximum absolute atomic E-state index is 10.4. The van der Waals surface area contributed by atoms with Crippen LogP contribution in [0.15, 0.2) is 29.2 Å². The lowest BCUT2D eigenvalue weighted by atomic mass is 10.0. The van der Waals surface area contributed by atoms with Crippen molar-refractivity contribution >= 4 is 10.1 Å². The Morgan fingerprint density at radius 3 is 0.878 bits per heavy atom. The van der Waals surface area contributed by atoms with Gasteiger partial charge in [-0.15, -0.1) is 0 Å². The van der Waals surface area contributed by atoms with E-state index in [1.165, 1.54) is 231 Å². The van der Waals surface area contributed by atoms with E-state index in [1.54, 1.807) is 12.1 Å². The number of rotatable bonds is 35. The molecule has 0 bridgehead atoms. The van der Waals surface area contributed by atoms with Crippen molar-refractivity contribution in [3.63, 3.8) is 0 Å². The first-order valence-electron chi connectivity index (χ1n) is 21.5. The third-order valence-corrected chi connectivity index (χ3v) is 10.9. The van der Waals surface area contributed by atoms with Crippen molar-refractivity contribution in [1.29, 1.82) is 0 Å². The van der Waals surface area contributed by atoms with Gasteiger partial charge in [0, 0.05) is 0 Å². The highest BCUT2D eigenvalue weighted by atomic mass is 32.2. The average Bonchev–Trinajstić information content (AvgIpc) is 3.08. The molecule has 0 aliphatic heterocycles. The predicted octanol–water partition coefficient (Wildman–Crippen LogP) is 14.3. The summed E-state index contributed by atoms with van der Waals surface area (Å²) in [6.45, 7) is 9.07. The summed E-state index contributed by atoms with van der Waals surface area (Å²) < 4.78 is 31.2. The van der Waals surface area contributed by atoms with Crippen molar-refractivity contribution in [2.24, 2.45) is 0 Å². The van der Waals surface area contributed by atoms with Crippen LogP contribution in [-0.4, -0.2) is 38.0 Å². The molecule has 0 heterocycles. The Kier molecular flexibility index (Phi) is 36.2. The summed E-state index contributed by atoms with van der Waals surface area (Å²) in [7, 11) is -1.93. The first-order valence-corrected chi connectivity index (χ1v) is 22.9. The number of nitrogens with zero attached hydrogens (tertiary/aromatic N) is 1. The summed E-state index contributed by atoms with van der Waals surface area (Å²) in [6, 6.07) is 5.78. The van der Waals surface area contributed by atoms with Crippen molar-refractivity contribution < 1.29 is 13.0 Å². The van der Waals surface area contributed by atoms with Crippen LogP contribution in [0.3, 0.4) is 0 Å². The van der Waals surface area contributed by atoms with Crippen LogP contribution in [0.2, 0.25) is 0 Å². The van der Waals surface area contributed by atoms with E-state index in [9.17, 15) is 13.0 Å². The van der Waals surface area contributed by atoms with E-state index in [0.717, 1.165) is 5.56 Å². The SMILES string of the molecule is CCCCCCCCCCCCCCCCCCN(C)CCCCCCCCCCCCCCCCCC.Cc1ccc(S(=O)(=O)[O-])cc1. The van der Waals surface area contributed by atoms with Crippen molar-refractivity contribution in [3.05, 3.63) is 29.8 Å². The molecule has 0 atom stereocenters. The van der Waals surface area contributed by atoms with E-state index in [1.807, 2.05) is 6.92 Å². The second kappa shape index (κ2) is 36.9. The third-order valence-electron chi connectivity index (χ3n) is 10.1. The smallest absolute Gasteiger partial charge is 0.124 e. The Hall–Kier alpha value is -0.910. The van der Waals surface area contributed by atoms with Gasteiger partial charge in [-0.1, -0.05) is 224 Å². The maximum Gasteiger partial charge on any atom is 0.124 e. The number of aryl methyl sites for hydroxylation is 1. The van der Waals surface area contributed by atoms with Crippen LogP contribution >= 0.6 is 0 Å². The van der Waals surface area contributed by atoms with E-state index in [0.29, 0.717) is 0 Å². The Labute approximate surface area is 308 Å². The Balaban J connectivity index is 0.00000175. The van der Waals surface area contributed by atoms with Gasteiger partial charge in [0.1, 0.15) is 10.1 Å². The summed E-state index contributed by atoms with van der Waals surface area (Å²) in [5, 5.41) is 0. The van der Waals surface area contributed by atoms with Gasteiger partial charge in [0.2, 0.25) is 0 Å². The second-order valence-electron chi connectivity index (χ2n) is 15.2. The molecule has 1 aromatic carbocycles. The molecule has 0 amide bonds. The molecule has 1 aromatic rings. The minimum absolute atomic E-state index is 0.178. The van der Waals surface area contributed by atoms with Crippen LogP contribution in [0.1, 0.15) is 225 Å². The van der Waals surface area contributed by atoms with Crippen LogP contribution < -0.4 is 0 Å². The monoisotopic (exact) mass is 707 g/mol. The standard InChI is InChI=1S/C37H77N.C7H8O3S/c1-4-6-8-10-12-14-16-18-20-22-24-26-28-30-32-34-36-38(3)37-35-33-31-29-27-25-23-21-19-17-15-13-11-9-7-5-2;1-6-2-4-7(5-3-6)11(8,9)10/h4-37H2,1-3H3;2-5H,1H3,(H,8,9,10)/p-1. The zero-order valence-corrected chi connectivity index (χ0v) is 34.2. The van der Waals surface area contributed by atoms with Gasteiger partial charge in [-0.25, -0.2) is 8.42 Å². The van der Waals surface area contributed by atoms with Gasteiger partial charge in [0.25, 0.3) is 0 Å². The molecule has 0 saturated heterocycles. The Morgan fingerprint density at radius 1 is 0.429 bits per heavy atom. The van der Waals surface area contributed by atoms with Crippen LogP contribution in [0.4, 0.5) is 0 Å². The molecule has 0 radical (unpaired) electrons. The summed E-state index contributed by atoms with van der Waals surface area (Å²) >= 11 is 0. The van der Waals surface area contributed by atoms with E-state index in [2.05, 4.69) is 25.8 Å². The van der Waals surface area contributed by atoms with Gasteiger partial charge < -0.3 is 9.45 Å². The number of benzene rings is 1. The topological polar surface area (TPSA) is 60.4 Å². The lowest BCUT2D eigenvalue weighted by Crippen LogP contribution is -2.20. The fourth-order valence-electron chi connectivity index (χ4n) is 6.68. The molecule has 0 unspecified atom stereocenters. The molecule has 0 fully saturated rings. The summed E-state index contributed by atoms with van der Waals surface area (Å²) in [6.07, 6.45) is 46.8. The minimum Gasteiger partial charge on any atom is -0.744 e. The molecule has 0 saturated carbocycles. The average molecular weight is 707 g/mol. The normalized spacial score (nSPS) is 11.6. The van der Waals surface area contributed by atoms with Crippen molar-refractivity contribution in [3.8, 4) is 0 Å². The second-order valence-corrected chi connectivity index (χ2v) is 16.6. The van der Waals surface area contributed by atoms with Gasteiger partial charge >= 0.3 is 0 Å². The molecule has 0 spiro atoms. The highest BCUT2D eigenvalue weighted by Crippen LogP contribution is 2.16. The minimum atomic E-state index is -4.27. The van der Waals surface area contributed by atoms with Gasteiger partial charge in [-0.3, -0.25) is 0 Å². The molecule has 5 heteroatoms. The fourth-order valence-corrected chi connectivity index (χ4v) is 7.15. The Bertz CT molecular complexity index is 850. The molecular formula is C44H84NO3S-. The van der Waals surface area contributed by atoms with Gasteiger partial charge in [0.15, 0.2) is 0 Å². The summed E-state index contributed by atoms with van der Waals surface area (Å²) in [5.41, 5.74) is 0.928. The maximum atomic E-state index is 10.4. The molecule has 0 aliphatic carbocycles. The largest absolute Gasteiger partial charge is 0.744 e. The number of hydrogen-bond acceptors (Lipinski definition) is 4. The van der Waals surface area contributed by atoms with Gasteiger partial charge in [-0.2, -0.15) is 0 Å². The summed E-state index contributed by atoms with van der Waals surface area (Å²) in [4.78, 5) is 2.41. The predicted molar refractivity (Wildman–Crippen MR) is 216 cm³/mol. The molecule has 290 valence electrons. The fraction of sp³-hybridized carbons (Fsp3) is 0.864. The molecule has 0 aromatic heterocycles. The first-order chi connectivity index (χ1) is 23.8. The molecular weight excluding hydrogens is 623 g/mol. The zero-order chi connectivity index (χ0) is 36.1. The van der Waals surface area contributed by atoms with Gasteiger partial charge in [0.05, 0.1) is 4.90 Å². The van der Waals surface area contributed by atoms with Crippen LogP contribution in [0, 0.1) is 6.92 Å².